The van der Waals surface area contributed by atoms with E-state index in [0.717, 1.165) is 12.7 Å². The van der Waals surface area contributed by atoms with Crippen molar-refractivity contribution >= 4 is 17.9 Å². The minimum atomic E-state index is -0.454. The topological polar surface area (TPSA) is 46.5 Å². The van der Waals surface area contributed by atoms with E-state index in [-0.39, 0.29) is 6.61 Å². The number of ether oxygens (including phenoxy) is 1. The van der Waals surface area contributed by atoms with E-state index in [1.807, 2.05) is 0 Å². The van der Waals surface area contributed by atoms with Gasteiger partial charge >= 0.3 is 0 Å². The third-order valence-corrected chi connectivity index (χ3v) is 3.90. The van der Waals surface area contributed by atoms with Gasteiger partial charge in [-0.25, -0.2) is 0 Å². The van der Waals surface area contributed by atoms with E-state index < -0.39 is 6.10 Å². The van der Waals surface area contributed by atoms with E-state index in [9.17, 15) is 9.90 Å². The molecule has 1 unspecified atom stereocenters. The van der Waals surface area contributed by atoms with Crippen LogP contribution in [-0.4, -0.2) is 24.1 Å². The molecule has 0 radical (unpaired) electrons. The molecule has 3 nitrogen and oxygen atoms in total. The zero-order chi connectivity index (χ0) is 13.7. The third kappa shape index (κ3) is 4.22. The lowest BCUT2D eigenvalue weighted by atomic mass is 10.0. The summed E-state index contributed by atoms with van der Waals surface area (Å²) >= 11 is 6.00. The maximum atomic E-state index is 10.6. The van der Waals surface area contributed by atoms with Crippen molar-refractivity contribution in [2.75, 3.05) is 6.61 Å². The summed E-state index contributed by atoms with van der Waals surface area (Å²) in [5, 5.41) is 10.3. The SMILES string of the molecule is O=Cc1ccc(OCC(O)CC2CCCC2)c(Cl)c1. The van der Waals surface area contributed by atoms with E-state index >= 15 is 0 Å². The third-order valence-electron chi connectivity index (χ3n) is 3.60. The second-order valence-electron chi connectivity index (χ2n) is 5.16. The van der Waals surface area contributed by atoms with Crippen LogP contribution in [0.4, 0.5) is 0 Å². The number of hydrogen-bond acceptors (Lipinski definition) is 3. The smallest absolute Gasteiger partial charge is 0.150 e. The highest BCUT2D eigenvalue weighted by atomic mass is 35.5. The molecule has 1 aliphatic rings. The maximum absolute atomic E-state index is 10.6. The lowest BCUT2D eigenvalue weighted by molar-refractivity contribution is 0.0855. The Balaban J connectivity index is 1.82. The van der Waals surface area contributed by atoms with Gasteiger partial charge in [-0.1, -0.05) is 37.3 Å². The Kier molecular flexibility index (Phi) is 5.23. The fraction of sp³-hybridized carbons (Fsp3) is 0.533. The normalized spacial score (nSPS) is 17.4. The zero-order valence-electron chi connectivity index (χ0n) is 10.8. The van der Waals surface area contributed by atoms with Gasteiger partial charge in [-0.15, -0.1) is 0 Å². The number of benzene rings is 1. The summed E-state index contributed by atoms with van der Waals surface area (Å²) in [5.74, 6) is 1.14. The van der Waals surface area contributed by atoms with Crippen molar-refractivity contribution < 1.29 is 14.6 Å². The second kappa shape index (κ2) is 6.92. The average Bonchev–Trinajstić information content (AvgIpc) is 2.90. The number of halogens is 1. The quantitative estimate of drug-likeness (QED) is 0.813. The van der Waals surface area contributed by atoms with Crippen LogP contribution in [0.1, 0.15) is 42.5 Å². The first kappa shape index (κ1) is 14.4. The van der Waals surface area contributed by atoms with Gasteiger partial charge in [0.15, 0.2) is 0 Å². The minimum Gasteiger partial charge on any atom is -0.489 e. The zero-order valence-corrected chi connectivity index (χ0v) is 11.6. The van der Waals surface area contributed by atoms with Crippen LogP contribution in [0.3, 0.4) is 0 Å². The summed E-state index contributed by atoms with van der Waals surface area (Å²) in [5.41, 5.74) is 0.517. The van der Waals surface area contributed by atoms with E-state index in [0.29, 0.717) is 22.3 Å². The molecule has 1 saturated carbocycles. The van der Waals surface area contributed by atoms with Crippen molar-refractivity contribution in [3.8, 4) is 5.75 Å². The van der Waals surface area contributed by atoms with Gasteiger partial charge in [0.1, 0.15) is 18.6 Å². The first-order valence-corrected chi connectivity index (χ1v) is 7.12. The van der Waals surface area contributed by atoms with Gasteiger partial charge in [-0.3, -0.25) is 4.79 Å². The Morgan fingerprint density at radius 2 is 2.16 bits per heavy atom. The van der Waals surface area contributed by atoms with Gasteiger partial charge in [0.2, 0.25) is 0 Å². The number of carbonyl (C=O) groups is 1. The molecule has 0 aromatic heterocycles. The molecular weight excluding hydrogens is 264 g/mol. The molecule has 0 heterocycles. The summed E-state index contributed by atoms with van der Waals surface area (Å²) in [6, 6.07) is 4.87. The lowest BCUT2D eigenvalue weighted by Crippen LogP contribution is -2.20. The molecule has 1 atom stereocenters. The summed E-state index contributed by atoms with van der Waals surface area (Å²) < 4.78 is 5.51. The summed E-state index contributed by atoms with van der Waals surface area (Å²) in [4.78, 5) is 10.6. The molecule has 104 valence electrons. The molecule has 1 fully saturated rings. The van der Waals surface area contributed by atoms with Crippen molar-refractivity contribution in [2.24, 2.45) is 5.92 Å². The molecule has 0 bridgehead atoms. The van der Waals surface area contributed by atoms with Gasteiger partial charge < -0.3 is 9.84 Å². The number of carbonyl (C=O) groups excluding carboxylic acids is 1. The van der Waals surface area contributed by atoms with Gasteiger partial charge in [0.25, 0.3) is 0 Å². The van der Waals surface area contributed by atoms with Crippen molar-refractivity contribution in [2.45, 2.75) is 38.2 Å². The average molecular weight is 283 g/mol. The number of aliphatic hydroxyl groups is 1. The predicted octanol–water partition coefficient (Wildman–Crippen LogP) is 3.47. The Bertz CT molecular complexity index is 427. The number of aliphatic hydroxyl groups excluding tert-OH is 1. The van der Waals surface area contributed by atoms with Gasteiger partial charge in [-0.05, 0) is 30.5 Å². The molecule has 0 saturated heterocycles. The van der Waals surface area contributed by atoms with E-state index in [4.69, 9.17) is 16.3 Å². The molecule has 1 aromatic rings. The second-order valence-corrected chi connectivity index (χ2v) is 5.57. The molecule has 0 aliphatic heterocycles. The molecule has 4 heteroatoms. The van der Waals surface area contributed by atoms with Crippen LogP contribution in [0, 0.1) is 5.92 Å². The van der Waals surface area contributed by atoms with Gasteiger partial charge in [0.05, 0.1) is 11.1 Å². The standard InChI is InChI=1S/C15H19ClO3/c16-14-8-12(9-17)5-6-15(14)19-10-13(18)7-11-3-1-2-4-11/h5-6,8-9,11,13,18H,1-4,7,10H2. The Hall–Kier alpha value is -1.06. The number of rotatable bonds is 6. The summed E-state index contributed by atoms with van der Waals surface area (Å²) in [6.07, 6.45) is 6.06. The van der Waals surface area contributed by atoms with Crippen molar-refractivity contribution in [1.29, 1.82) is 0 Å². The van der Waals surface area contributed by atoms with Crippen molar-refractivity contribution in [3.05, 3.63) is 28.8 Å². The largest absolute Gasteiger partial charge is 0.489 e. The minimum absolute atomic E-state index is 0.247. The highest BCUT2D eigenvalue weighted by Crippen LogP contribution is 2.29. The van der Waals surface area contributed by atoms with Crippen LogP contribution in [0.15, 0.2) is 18.2 Å². The van der Waals surface area contributed by atoms with E-state index in [1.165, 1.54) is 25.7 Å². The highest BCUT2D eigenvalue weighted by molar-refractivity contribution is 6.32. The molecule has 2 rings (SSSR count). The monoisotopic (exact) mass is 282 g/mol. The Morgan fingerprint density at radius 3 is 2.79 bits per heavy atom. The van der Waals surface area contributed by atoms with Crippen LogP contribution < -0.4 is 4.74 Å². The first-order valence-electron chi connectivity index (χ1n) is 6.74. The molecule has 0 amide bonds. The molecular formula is C15H19ClO3. The molecule has 1 aromatic carbocycles. The van der Waals surface area contributed by atoms with Crippen LogP contribution in [-0.2, 0) is 0 Å². The lowest BCUT2D eigenvalue weighted by Gasteiger charge is -2.16. The Morgan fingerprint density at radius 1 is 1.42 bits per heavy atom. The maximum Gasteiger partial charge on any atom is 0.150 e. The van der Waals surface area contributed by atoms with Crippen molar-refractivity contribution in [1.82, 2.24) is 0 Å². The molecule has 19 heavy (non-hydrogen) atoms. The van der Waals surface area contributed by atoms with Gasteiger partial charge in [-0.2, -0.15) is 0 Å². The van der Waals surface area contributed by atoms with E-state index in [1.54, 1.807) is 18.2 Å². The van der Waals surface area contributed by atoms with Crippen LogP contribution >= 0.6 is 11.6 Å². The van der Waals surface area contributed by atoms with Gasteiger partial charge in [0, 0.05) is 5.56 Å². The molecule has 1 aliphatic carbocycles. The fourth-order valence-corrected chi connectivity index (χ4v) is 2.84. The van der Waals surface area contributed by atoms with Crippen LogP contribution in [0.25, 0.3) is 0 Å². The fourth-order valence-electron chi connectivity index (χ4n) is 2.59. The molecule has 0 spiro atoms. The molecule has 1 N–H and O–H groups in total. The summed E-state index contributed by atoms with van der Waals surface area (Å²) in [7, 11) is 0. The number of hydrogen-bond donors (Lipinski definition) is 1. The van der Waals surface area contributed by atoms with Crippen LogP contribution in [0.5, 0.6) is 5.75 Å². The van der Waals surface area contributed by atoms with E-state index in [2.05, 4.69) is 0 Å². The number of aldehydes is 1. The predicted molar refractivity (Wildman–Crippen MR) is 74.9 cm³/mol. The Labute approximate surface area is 118 Å². The summed E-state index contributed by atoms with van der Waals surface area (Å²) in [6.45, 7) is 0.247. The first-order chi connectivity index (χ1) is 9.19. The highest BCUT2D eigenvalue weighted by Gasteiger charge is 2.19. The van der Waals surface area contributed by atoms with Crippen LogP contribution in [0.2, 0.25) is 5.02 Å². The van der Waals surface area contributed by atoms with Crippen molar-refractivity contribution in [3.63, 3.8) is 0 Å².